The second-order valence-corrected chi connectivity index (χ2v) is 9.47. The van der Waals surface area contributed by atoms with Gasteiger partial charge in [0.2, 0.25) is 0 Å². The van der Waals surface area contributed by atoms with Gasteiger partial charge in [-0.25, -0.2) is 0 Å². The van der Waals surface area contributed by atoms with E-state index in [0.29, 0.717) is 11.0 Å². The van der Waals surface area contributed by atoms with Gasteiger partial charge >= 0.3 is 0 Å². The molecule has 0 aromatic carbocycles. The van der Waals surface area contributed by atoms with E-state index in [2.05, 4.69) is 27.0 Å². The summed E-state index contributed by atoms with van der Waals surface area (Å²) in [4.78, 5) is 5.35. The molecule has 0 atom stereocenters. The highest BCUT2D eigenvalue weighted by Gasteiger charge is 2.51. The van der Waals surface area contributed by atoms with Crippen molar-refractivity contribution in [2.75, 3.05) is 6.26 Å². The summed E-state index contributed by atoms with van der Waals surface area (Å²) in [6, 6.07) is 0. The van der Waals surface area contributed by atoms with E-state index >= 15 is 0 Å². The molecule has 0 aromatic rings. The fourth-order valence-corrected chi connectivity index (χ4v) is 5.94. The molecule has 0 spiro atoms. The molecule has 4 bridgehead atoms. The molecule has 0 aliphatic heterocycles. The van der Waals surface area contributed by atoms with Crippen LogP contribution in [0, 0.1) is 23.2 Å². The lowest BCUT2D eigenvalue weighted by atomic mass is 9.53. The number of nitrogens with zero attached hydrogens (tertiary/aromatic N) is 1. The Hall–Kier alpha value is 0.750. The Morgan fingerprint density at radius 3 is 1.85 bits per heavy atom. The fourth-order valence-electron chi connectivity index (χ4n) is 5.08. The normalized spacial score (nSPS) is 39.8. The third-order valence-corrected chi connectivity index (χ3v) is 5.99. The van der Waals surface area contributed by atoms with Crippen molar-refractivity contribution >= 4 is 40.8 Å². The maximum Gasteiger partial charge on any atom is 0.0685 e. The topological polar surface area (TPSA) is 12.4 Å². The van der Waals surface area contributed by atoms with Gasteiger partial charge in [0.25, 0.3) is 0 Å². The van der Waals surface area contributed by atoms with Crippen molar-refractivity contribution in [2.45, 2.75) is 71.3 Å². The minimum atomic E-state index is 0. The molecular formula is C17H30INS. The van der Waals surface area contributed by atoms with E-state index in [4.69, 9.17) is 4.99 Å². The summed E-state index contributed by atoms with van der Waals surface area (Å²) in [7, 11) is 0. The van der Waals surface area contributed by atoms with Crippen LogP contribution >= 0.6 is 35.7 Å². The molecule has 0 radical (unpaired) electrons. The van der Waals surface area contributed by atoms with E-state index in [1.807, 2.05) is 11.8 Å². The largest absolute Gasteiger partial charge is 0.276 e. The second-order valence-electron chi connectivity index (χ2n) is 8.59. The third-order valence-electron chi connectivity index (χ3n) is 5.28. The maximum atomic E-state index is 5.35. The molecule has 4 aliphatic carbocycles. The Morgan fingerprint density at radius 2 is 1.50 bits per heavy atom. The zero-order valence-electron chi connectivity index (χ0n) is 13.4. The predicted molar refractivity (Wildman–Crippen MR) is 101 cm³/mol. The van der Waals surface area contributed by atoms with Crippen LogP contribution in [-0.4, -0.2) is 16.8 Å². The highest BCUT2D eigenvalue weighted by molar-refractivity contribution is 14.0. The smallest absolute Gasteiger partial charge is 0.0685 e. The van der Waals surface area contributed by atoms with E-state index in [1.54, 1.807) is 0 Å². The lowest BCUT2D eigenvalue weighted by Gasteiger charge is -2.55. The number of hydrogen-bond acceptors (Lipinski definition) is 2. The first-order valence-corrected chi connectivity index (χ1v) is 9.23. The van der Waals surface area contributed by atoms with Gasteiger partial charge in [0, 0.05) is 6.42 Å². The average Bonchev–Trinajstić information content (AvgIpc) is 2.23. The van der Waals surface area contributed by atoms with Gasteiger partial charge in [-0.05, 0) is 67.9 Å². The molecular weight excluding hydrogens is 377 g/mol. The summed E-state index contributed by atoms with van der Waals surface area (Å²) < 4.78 is 0. The van der Waals surface area contributed by atoms with Gasteiger partial charge in [-0.2, -0.15) is 0 Å². The number of thioether (sulfide) groups is 1. The summed E-state index contributed by atoms with van der Waals surface area (Å²) in [5, 5.41) is 1.41. The van der Waals surface area contributed by atoms with Crippen LogP contribution < -0.4 is 0 Å². The third kappa shape index (κ3) is 3.74. The fraction of sp³-hybridized carbons (Fsp3) is 0.941. The van der Waals surface area contributed by atoms with Gasteiger partial charge in [0.15, 0.2) is 0 Å². The van der Waals surface area contributed by atoms with Crippen LogP contribution in [0.5, 0.6) is 0 Å². The summed E-state index contributed by atoms with van der Waals surface area (Å²) >= 11 is 1.90. The van der Waals surface area contributed by atoms with Crippen molar-refractivity contribution in [1.82, 2.24) is 0 Å². The predicted octanol–water partition coefficient (Wildman–Crippen LogP) is 5.77. The summed E-state index contributed by atoms with van der Waals surface area (Å²) in [5.41, 5.74) is 0.725. The molecule has 4 fully saturated rings. The van der Waals surface area contributed by atoms with Gasteiger partial charge in [0.05, 0.1) is 10.6 Å². The van der Waals surface area contributed by atoms with Crippen molar-refractivity contribution in [2.24, 2.45) is 28.2 Å². The number of aliphatic imine (C=N–C) groups is 1. The van der Waals surface area contributed by atoms with E-state index < -0.39 is 0 Å². The van der Waals surface area contributed by atoms with Crippen LogP contribution in [0.4, 0.5) is 0 Å². The van der Waals surface area contributed by atoms with E-state index in [0.717, 1.165) is 24.2 Å². The van der Waals surface area contributed by atoms with Crippen molar-refractivity contribution in [3.8, 4) is 0 Å². The van der Waals surface area contributed by atoms with Crippen LogP contribution in [0.15, 0.2) is 4.99 Å². The zero-order valence-corrected chi connectivity index (χ0v) is 16.6. The minimum Gasteiger partial charge on any atom is -0.276 e. The molecule has 1 nitrogen and oxygen atoms in total. The SMILES string of the molecule is CSC(CC(C)(C)C)=NC12CC3CC(CC(C3)C1)C2.I. The molecule has 4 saturated carbocycles. The van der Waals surface area contributed by atoms with Gasteiger partial charge in [0.1, 0.15) is 0 Å². The van der Waals surface area contributed by atoms with Gasteiger partial charge in [-0.15, -0.1) is 35.7 Å². The number of hydrogen-bond donors (Lipinski definition) is 0. The first kappa shape index (κ1) is 17.1. The quantitative estimate of drug-likeness (QED) is 0.322. The standard InChI is InChI=1S/C17H29NS.HI/c1-16(2,3)11-15(19-4)18-17-8-12-5-13(9-17)7-14(6-12)10-17;/h12-14H,5-11H2,1-4H3;1H. The van der Waals surface area contributed by atoms with Crippen molar-refractivity contribution in [3.63, 3.8) is 0 Å². The second kappa shape index (κ2) is 6.10. The highest BCUT2D eigenvalue weighted by Crippen LogP contribution is 2.57. The molecule has 0 amide bonds. The maximum absolute atomic E-state index is 5.35. The van der Waals surface area contributed by atoms with Crippen molar-refractivity contribution in [1.29, 1.82) is 0 Å². The monoisotopic (exact) mass is 407 g/mol. The summed E-state index contributed by atoms with van der Waals surface area (Å²) in [5.74, 6) is 3.02. The molecule has 4 aliphatic rings. The molecule has 0 saturated heterocycles. The highest BCUT2D eigenvalue weighted by atomic mass is 127. The van der Waals surface area contributed by atoms with Crippen molar-refractivity contribution < 1.29 is 0 Å². The molecule has 4 rings (SSSR count). The summed E-state index contributed by atoms with van der Waals surface area (Å²) in [6.45, 7) is 7.00. The van der Waals surface area contributed by atoms with Gasteiger partial charge in [-0.3, -0.25) is 4.99 Å². The molecule has 3 heteroatoms. The van der Waals surface area contributed by atoms with E-state index in [9.17, 15) is 0 Å². The molecule has 0 N–H and O–H groups in total. The number of rotatable bonds is 2. The lowest BCUT2D eigenvalue weighted by molar-refractivity contribution is 0.00169. The Kier molecular flexibility index (Phi) is 5.21. The molecule has 116 valence electrons. The van der Waals surface area contributed by atoms with Gasteiger partial charge in [-0.1, -0.05) is 20.8 Å². The zero-order chi connectivity index (χ0) is 13.7. The van der Waals surface area contributed by atoms with E-state index in [1.165, 1.54) is 43.6 Å². The van der Waals surface area contributed by atoms with Crippen LogP contribution in [-0.2, 0) is 0 Å². The molecule has 0 heterocycles. The van der Waals surface area contributed by atoms with Gasteiger partial charge < -0.3 is 0 Å². The average molecular weight is 407 g/mol. The Balaban J connectivity index is 0.00000147. The number of halogens is 1. The Labute approximate surface area is 146 Å². The Morgan fingerprint density at radius 1 is 1.05 bits per heavy atom. The van der Waals surface area contributed by atoms with Crippen LogP contribution in [0.25, 0.3) is 0 Å². The molecule has 0 aromatic heterocycles. The first-order chi connectivity index (χ1) is 8.87. The molecule has 0 unspecified atom stereocenters. The van der Waals surface area contributed by atoms with Crippen LogP contribution in [0.1, 0.15) is 65.7 Å². The first-order valence-electron chi connectivity index (χ1n) is 8.00. The summed E-state index contributed by atoms with van der Waals surface area (Å²) in [6.07, 6.45) is 12.1. The van der Waals surface area contributed by atoms with E-state index in [-0.39, 0.29) is 24.0 Å². The Bertz CT molecular complexity index is 348. The minimum absolute atomic E-state index is 0. The lowest BCUT2D eigenvalue weighted by Crippen LogP contribution is -2.49. The molecule has 20 heavy (non-hydrogen) atoms. The van der Waals surface area contributed by atoms with Crippen LogP contribution in [0.3, 0.4) is 0 Å². The van der Waals surface area contributed by atoms with Crippen molar-refractivity contribution in [3.05, 3.63) is 0 Å². The van der Waals surface area contributed by atoms with Crippen LogP contribution in [0.2, 0.25) is 0 Å².